The van der Waals surface area contributed by atoms with E-state index in [0.717, 1.165) is 23.2 Å². The molecule has 0 nitrogen and oxygen atoms in total. The minimum Gasteiger partial charge on any atom is -0.0922 e. The predicted molar refractivity (Wildman–Crippen MR) is 68.3 cm³/mol. The van der Waals surface area contributed by atoms with Gasteiger partial charge in [-0.3, -0.25) is 0 Å². The summed E-state index contributed by atoms with van der Waals surface area (Å²) in [5, 5.41) is 1.30. The number of hydrogen-bond donors (Lipinski definition) is 0. The highest BCUT2D eigenvalue weighted by Crippen LogP contribution is 2.62. The molecule has 0 aromatic rings. The van der Waals surface area contributed by atoms with Crippen LogP contribution in [0.2, 0.25) is 0 Å². The lowest BCUT2D eigenvalue weighted by molar-refractivity contribution is 0.0749. The van der Waals surface area contributed by atoms with Gasteiger partial charge in [-0.25, -0.2) is 0 Å². The summed E-state index contributed by atoms with van der Waals surface area (Å²) in [5.41, 5.74) is 0.739. The van der Waals surface area contributed by atoms with E-state index in [1.807, 2.05) is 0 Å². The molecule has 0 spiro atoms. The van der Waals surface area contributed by atoms with Crippen molar-refractivity contribution in [2.45, 2.75) is 57.8 Å². The summed E-state index contributed by atoms with van der Waals surface area (Å²) in [7, 11) is 0. The Bertz CT molecular complexity index is 231. The van der Waals surface area contributed by atoms with Gasteiger partial charge in [-0.1, -0.05) is 41.6 Å². The van der Waals surface area contributed by atoms with Gasteiger partial charge < -0.3 is 0 Å². The summed E-state index contributed by atoms with van der Waals surface area (Å²) >= 11 is 3.87. The van der Waals surface area contributed by atoms with E-state index in [2.05, 4.69) is 15.9 Å². The third kappa shape index (κ3) is 1.61. The molecule has 0 N–H and O–H groups in total. The third-order valence-corrected chi connectivity index (χ3v) is 6.73. The standard InChI is InChI=1S/C14H23Br/c15-10-14(12-4-2-1-3-5-12)9-11-6-7-13(14)8-11/h11-13H,1-10H2. The lowest BCUT2D eigenvalue weighted by Crippen LogP contribution is -2.38. The van der Waals surface area contributed by atoms with E-state index in [9.17, 15) is 0 Å². The number of hydrogen-bond acceptors (Lipinski definition) is 0. The van der Waals surface area contributed by atoms with Crippen molar-refractivity contribution >= 4 is 15.9 Å². The third-order valence-electron chi connectivity index (χ3n) is 5.69. The number of fused-ring (bicyclic) bond motifs is 2. The van der Waals surface area contributed by atoms with E-state index in [1.165, 1.54) is 37.4 Å². The van der Waals surface area contributed by atoms with Gasteiger partial charge in [-0.05, 0) is 55.3 Å². The minimum absolute atomic E-state index is 0.739. The van der Waals surface area contributed by atoms with Gasteiger partial charge in [0, 0.05) is 5.33 Å². The van der Waals surface area contributed by atoms with Crippen LogP contribution in [0.3, 0.4) is 0 Å². The molecule has 3 fully saturated rings. The lowest BCUT2D eigenvalue weighted by atomic mass is 9.62. The molecule has 3 atom stereocenters. The fourth-order valence-electron chi connectivity index (χ4n) is 4.94. The first-order chi connectivity index (χ1) is 7.35. The molecule has 3 unspecified atom stereocenters. The Kier molecular flexibility index (Phi) is 2.87. The Hall–Kier alpha value is 0.480. The van der Waals surface area contributed by atoms with Crippen LogP contribution in [0, 0.1) is 23.2 Å². The molecule has 0 amide bonds. The minimum atomic E-state index is 0.739. The van der Waals surface area contributed by atoms with Crippen molar-refractivity contribution in [1.29, 1.82) is 0 Å². The van der Waals surface area contributed by atoms with Gasteiger partial charge in [0.2, 0.25) is 0 Å². The molecule has 0 aromatic carbocycles. The quantitative estimate of drug-likeness (QED) is 0.635. The van der Waals surface area contributed by atoms with Crippen LogP contribution in [0.4, 0.5) is 0 Å². The van der Waals surface area contributed by atoms with Gasteiger partial charge in [0.15, 0.2) is 0 Å². The van der Waals surface area contributed by atoms with E-state index >= 15 is 0 Å². The zero-order chi connectivity index (χ0) is 10.3. The van der Waals surface area contributed by atoms with Crippen LogP contribution >= 0.6 is 15.9 Å². The van der Waals surface area contributed by atoms with Gasteiger partial charge in [-0.2, -0.15) is 0 Å². The molecule has 2 bridgehead atoms. The Labute approximate surface area is 102 Å². The summed E-state index contributed by atoms with van der Waals surface area (Å²) in [6, 6.07) is 0. The average molecular weight is 271 g/mol. The Morgan fingerprint density at radius 3 is 2.27 bits per heavy atom. The van der Waals surface area contributed by atoms with Crippen LogP contribution in [-0.4, -0.2) is 5.33 Å². The molecule has 3 rings (SSSR count). The second kappa shape index (κ2) is 4.05. The van der Waals surface area contributed by atoms with Crippen molar-refractivity contribution in [3.63, 3.8) is 0 Å². The van der Waals surface area contributed by atoms with Crippen molar-refractivity contribution in [2.24, 2.45) is 23.2 Å². The Morgan fingerprint density at radius 1 is 0.933 bits per heavy atom. The zero-order valence-corrected chi connectivity index (χ0v) is 11.3. The van der Waals surface area contributed by atoms with E-state index in [-0.39, 0.29) is 0 Å². The van der Waals surface area contributed by atoms with Gasteiger partial charge >= 0.3 is 0 Å². The van der Waals surface area contributed by atoms with Crippen molar-refractivity contribution in [3.05, 3.63) is 0 Å². The molecule has 86 valence electrons. The first-order valence-corrected chi connectivity index (χ1v) is 8.03. The van der Waals surface area contributed by atoms with E-state index in [0.29, 0.717) is 0 Å². The maximum atomic E-state index is 3.87. The fraction of sp³-hybridized carbons (Fsp3) is 1.00. The molecule has 0 aromatic heterocycles. The average Bonchev–Trinajstić information content (AvgIpc) is 2.90. The molecule has 0 saturated heterocycles. The van der Waals surface area contributed by atoms with Crippen LogP contribution in [-0.2, 0) is 0 Å². The van der Waals surface area contributed by atoms with E-state index < -0.39 is 0 Å². The fourth-order valence-corrected chi connectivity index (χ4v) is 6.08. The summed E-state index contributed by atoms with van der Waals surface area (Å²) in [6.07, 6.45) is 13.8. The first-order valence-electron chi connectivity index (χ1n) is 6.91. The van der Waals surface area contributed by atoms with Gasteiger partial charge in [0.25, 0.3) is 0 Å². The van der Waals surface area contributed by atoms with E-state index in [4.69, 9.17) is 0 Å². The monoisotopic (exact) mass is 270 g/mol. The molecule has 3 aliphatic carbocycles. The lowest BCUT2D eigenvalue weighted by Gasteiger charge is -2.45. The molecular weight excluding hydrogens is 248 g/mol. The topological polar surface area (TPSA) is 0 Å². The van der Waals surface area contributed by atoms with Crippen LogP contribution in [0.25, 0.3) is 0 Å². The molecule has 3 saturated carbocycles. The Morgan fingerprint density at radius 2 is 1.73 bits per heavy atom. The Balaban J connectivity index is 1.79. The zero-order valence-electron chi connectivity index (χ0n) is 9.68. The molecule has 0 heterocycles. The highest BCUT2D eigenvalue weighted by molar-refractivity contribution is 9.09. The summed E-state index contributed by atoms with van der Waals surface area (Å²) < 4.78 is 0. The summed E-state index contributed by atoms with van der Waals surface area (Å²) in [4.78, 5) is 0. The van der Waals surface area contributed by atoms with Crippen molar-refractivity contribution in [1.82, 2.24) is 0 Å². The second-order valence-corrected chi connectivity index (χ2v) is 6.84. The first kappa shape index (κ1) is 10.6. The van der Waals surface area contributed by atoms with Crippen LogP contribution < -0.4 is 0 Å². The molecule has 0 aliphatic heterocycles. The predicted octanol–water partition coefficient (Wildman–Crippen LogP) is 4.77. The van der Waals surface area contributed by atoms with Gasteiger partial charge in [-0.15, -0.1) is 0 Å². The maximum absolute atomic E-state index is 3.87. The molecule has 1 heteroatoms. The molecule has 15 heavy (non-hydrogen) atoms. The normalized spacial score (nSPS) is 46.2. The van der Waals surface area contributed by atoms with Gasteiger partial charge in [0.1, 0.15) is 0 Å². The van der Waals surface area contributed by atoms with Crippen molar-refractivity contribution in [3.8, 4) is 0 Å². The summed E-state index contributed by atoms with van der Waals surface area (Å²) in [5.74, 6) is 3.26. The number of alkyl halides is 1. The van der Waals surface area contributed by atoms with Crippen LogP contribution in [0.15, 0.2) is 0 Å². The van der Waals surface area contributed by atoms with Gasteiger partial charge in [0.05, 0.1) is 0 Å². The van der Waals surface area contributed by atoms with E-state index in [1.54, 1.807) is 25.7 Å². The maximum Gasteiger partial charge on any atom is 0.00933 e. The largest absolute Gasteiger partial charge is 0.0922 e. The highest BCUT2D eigenvalue weighted by atomic mass is 79.9. The van der Waals surface area contributed by atoms with Crippen LogP contribution in [0.5, 0.6) is 0 Å². The second-order valence-electron chi connectivity index (χ2n) is 6.28. The molecule has 3 aliphatic rings. The van der Waals surface area contributed by atoms with Crippen molar-refractivity contribution < 1.29 is 0 Å². The van der Waals surface area contributed by atoms with Crippen LogP contribution in [0.1, 0.15) is 57.8 Å². The summed E-state index contributed by atoms with van der Waals surface area (Å²) in [6.45, 7) is 0. The molecule has 0 radical (unpaired) electrons. The number of halogens is 1. The highest BCUT2D eigenvalue weighted by Gasteiger charge is 2.53. The smallest absolute Gasteiger partial charge is 0.00933 e. The SMILES string of the molecule is BrCC1(C2CCCCC2)CC2CCC1C2. The van der Waals surface area contributed by atoms with Crippen molar-refractivity contribution in [2.75, 3.05) is 5.33 Å². The number of rotatable bonds is 2. The molecular formula is C14H23Br.